The third kappa shape index (κ3) is 8.80. The fourth-order valence-electron chi connectivity index (χ4n) is 3.60. The van der Waals surface area contributed by atoms with Gasteiger partial charge in [-0.25, -0.2) is 0 Å². The number of anilines is 1. The van der Waals surface area contributed by atoms with Gasteiger partial charge in [-0.15, -0.1) is 24.8 Å². The Balaban J connectivity index is 0.00000288. The molecule has 0 aromatic heterocycles. The molecule has 2 atom stereocenters. The van der Waals surface area contributed by atoms with E-state index in [1.165, 1.54) is 19.5 Å². The van der Waals surface area contributed by atoms with Gasteiger partial charge in [-0.3, -0.25) is 4.79 Å². The highest BCUT2D eigenvalue weighted by atomic mass is 35.5. The Morgan fingerprint density at radius 2 is 1.84 bits per heavy atom. The minimum atomic E-state index is 0. The van der Waals surface area contributed by atoms with Crippen LogP contribution in [0.3, 0.4) is 0 Å². The number of hydrogen-bond acceptors (Lipinski definition) is 3. The van der Waals surface area contributed by atoms with Crippen LogP contribution in [0.15, 0.2) is 24.3 Å². The number of rotatable bonds is 7. The van der Waals surface area contributed by atoms with Crippen LogP contribution in [-0.2, 0) is 11.2 Å². The van der Waals surface area contributed by atoms with Crippen LogP contribution in [0.4, 0.5) is 5.69 Å². The van der Waals surface area contributed by atoms with Crippen molar-refractivity contribution in [2.45, 2.75) is 39.5 Å². The SMILES string of the molecule is CC1CC(C)CN(CCCNC(=O)CCc2ccccc2N)C1.Cl.Cl. The lowest BCUT2D eigenvalue weighted by Crippen LogP contribution is -2.40. The van der Waals surface area contributed by atoms with E-state index in [4.69, 9.17) is 5.73 Å². The summed E-state index contributed by atoms with van der Waals surface area (Å²) >= 11 is 0. The van der Waals surface area contributed by atoms with E-state index in [0.29, 0.717) is 12.8 Å². The summed E-state index contributed by atoms with van der Waals surface area (Å²) in [6.07, 6.45) is 3.58. The fourth-order valence-corrected chi connectivity index (χ4v) is 3.60. The van der Waals surface area contributed by atoms with Crippen LogP contribution < -0.4 is 11.1 Å². The predicted octanol–water partition coefficient (Wildman–Crippen LogP) is 3.53. The molecule has 1 aromatic rings. The van der Waals surface area contributed by atoms with Crippen molar-refractivity contribution >= 4 is 36.4 Å². The maximum atomic E-state index is 11.9. The Morgan fingerprint density at radius 3 is 2.48 bits per heavy atom. The molecule has 1 saturated heterocycles. The van der Waals surface area contributed by atoms with Crippen LogP contribution in [0.2, 0.25) is 0 Å². The minimum absolute atomic E-state index is 0. The van der Waals surface area contributed by atoms with Crippen molar-refractivity contribution in [3.8, 4) is 0 Å². The average molecular weight is 390 g/mol. The van der Waals surface area contributed by atoms with Crippen LogP contribution in [0.5, 0.6) is 0 Å². The molecule has 0 aliphatic carbocycles. The molecule has 0 radical (unpaired) electrons. The maximum absolute atomic E-state index is 11.9. The molecule has 0 saturated carbocycles. The van der Waals surface area contributed by atoms with E-state index in [1.54, 1.807) is 0 Å². The van der Waals surface area contributed by atoms with E-state index in [-0.39, 0.29) is 30.7 Å². The highest BCUT2D eigenvalue weighted by molar-refractivity contribution is 5.85. The molecule has 2 unspecified atom stereocenters. The summed E-state index contributed by atoms with van der Waals surface area (Å²) in [5, 5.41) is 3.03. The molecule has 1 fully saturated rings. The highest BCUT2D eigenvalue weighted by Crippen LogP contribution is 2.20. The summed E-state index contributed by atoms with van der Waals surface area (Å²) in [5.41, 5.74) is 7.72. The van der Waals surface area contributed by atoms with Crippen LogP contribution in [0.1, 0.15) is 38.7 Å². The lowest BCUT2D eigenvalue weighted by Gasteiger charge is -2.34. The first kappa shape index (κ1) is 24.0. The summed E-state index contributed by atoms with van der Waals surface area (Å²) in [6.45, 7) is 8.92. The topological polar surface area (TPSA) is 58.4 Å². The smallest absolute Gasteiger partial charge is 0.220 e. The van der Waals surface area contributed by atoms with E-state index in [0.717, 1.165) is 42.6 Å². The first-order chi connectivity index (χ1) is 11.0. The largest absolute Gasteiger partial charge is 0.399 e. The van der Waals surface area contributed by atoms with Gasteiger partial charge >= 0.3 is 0 Å². The van der Waals surface area contributed by atoms with Crippen LogP contribution >= 0.6 is 24.8 Å². The van der Waals surface area contributed by atoms with Crippen LogP contribution in [-0.4, -0.2) is 37.0 Å². The monoisotopic (exact) mass is 389 g/mol. The Hall–Kier alpha value is -0.970. The molecule has 3 N–H and O–H groups in total. The normalized spacial score (nSPS) is 20.2. The van der Waals surface area contributed by atoms with Crippen molar-refractivity contribution in [2.75, 3.05) is 31.9 Å². The number of para-hydroxylation sites is 1. The number of halogens is 2. The fraction of sp³-hybridized carbons (Fsp3) is 0.632. The van der Waals surface area contributed by atoms with Gasteiger partial charge in [0.25, 0.3) is 0 Å². The lowest BCUT2D eigenvalue weighted by atomic mass is 9.92. The third-order valence-electron chi connectivity index (χ3n) is 4.59. The maximum Gasteiger partial charge on any atom is 0.220 e. The number of nitrogens with one attached hydrogen (secondary N) is 1. The molecular weight excluding hydrogens is 357 g/mol. The van der Waals surface area contributed by atoms with Crippen molar-refractivity contribution in [3.05, 3.63) is 29.8 Å². The number of nitrogens with two attached hydrogens (primary N) is 1. The number of aryl methyl sites for hydroxylation is 1. The number of carbonyl (C=O) groups is 1. The van der Waals surface area contributed by atoms with Crippen LogP contribution in [0, 0.1) is 11.8 Å². The minimum Gasteiger partial charge on any atom is -0.399 e. The first-order valence-electron chi connectivity index (χ1n) is 8.87. The highest BCUT2D eigenvalue weighted by Gasteiger charge is 2.20. The second-order valence-corrected chi connectivity index (χ2v) is 7.11. The van der Waals surface area contributed by atoms with Crippen LogP contribution in [0.25, 0.3) is 0 Å². The Kier molecular flexibility index (Phi) is 11.9. The number of piperidine rings is 1. The zero-order valence-electron chi connectivity index (χ0n) is 15.4. The van der Waals surface area contributed by atoms with Crippen molar-refractivity contribution in [3.63, 3.8) is 0 Å². The number of carbonyl (C=O) groups excluding carboxylic acids is 1. The quantitative estimate of drug-likeness (QED) is 0.553. The van der Waals surface area contributed by atoms with E-state index in [1.807, 2.05) is 24.3 Å². The Morgan fingerprint density at radius 1 is 1.20 bits per heavy atom. The summed E-state index contributed by atoms with van der Waals surface area (Å²) in [4.78, 5) is 14.5. The molecule has 144 valence electrons. The van der Waals surface area contributed by atoms with Crippen molar-refractivity contribution in [1.29, 1.82) is 0 Å². The summed E-state index contributed by atoms with van der Waals surface area (Å²) in [6, 6.07) is 7.75. The third-order valence-corrected chi connectivity index (χ3v) is 4.59. The zero-order chi connectivity index (χ0) is 16.7. The summed E-state index contributed by atoms with van der Waals surface area (Å²) in [5.74, 6) is 1.71. The second kappa shape index (κ2) is 12.4. The molecule has 1 aliphatic heterocycles. The van der Waals surface area contributed by atoms with E-state index in [2.05, 4.69) is 24.1 Å². The van der Waals surface area contributed by atoms with Gasteiger partial charge in [-0.2, -0.15) is 0 Å². The standard InChI is InChI=1S/C19H31N3O.2ClH/c1-15-12-16(2)14-22(13-15)11-5-10-21-19(23)9-8-17-6-3-4-7-18(17)20;;/h3-4,6-7,15-16H,5,8-14,20H2,1-2H3,(H,21,23);2*1H. The molecule has 0 bridgehead atoms. The van der Waals surface area contributed by atoms with Gasteiger partial charge in [-0.05, 0) is 49.3 Å². The number of hydrogen-bond donors (Lipinski definition) is 2. The molecule has 1 amide bonds. The van der Waals surface area contributed by atoms with E-state index in [9.17, 15) is 4.79 Å². The number of likely N-dealkylation sites (tertiary alicyclic amines) is 1. The average Bonchev–Trinajstić information content (AvgIpc) is 2.50. The molecule has 0 spiro atoms. The van der Waals surface area contributed by atoms with Crippen molar-refractivity contribution < 1.29 is 4.79 Å². The van der Waals surface area contributed by atoms with Gasteiger partial charge in [0.1, 0.15) is 0 Å². The predicted molar refractivity (Wildman–Crippen MR) is 111 cm³/mol. The summed E-state index contributed by atoms with van der Waals surface area (Å²) < 4.78 is 0. The van der Waals surface area contributed by atoms with E-state index >= 15 is 0 Å². The number of nitrogens with zero attached hydrogens (tertiary/aromatic N) is 1. The van der Waals surface area contributed by atoms with Gasteiger partial charge in [0.15, 0.2) is 0 Å². The molecule has 1 aliphatic rings. The summed E-state index contributed by atoms with van der Waals surface area (Å²) in [7, 11) is 0. The molecule has 2 rings (SSSR count). The molecular formula is C19H33Cl2N3O. The number of amides is 1. The first-order valence-corrected chi connectivity index (χ1v) is 8.87. The van der Waals surface area contributed by atoms with Gasteiger partial charge in [-0.1, -0.05) is 32.0 Å². The molecule has 4 nitrogen and oxygen atoms in total. The molecule has 6 heteroatoms. The Labute approximate surface area is 164 Å². The van der Waals surface area contributed by atoms with Gasteiger partial charge in [0.05, 0.1) is 0 Å². The Bertz CT molecular complexity index is 503. The zero-order valence-corrected chi connectivity index (χ0v) is 17.0. The van der Waals surface area contributed by atoms with Gasteiger partial charge in [0, 0.05) is 31.7 Å². The molecule has 25 heavy (non-hydrogen) atoms. The van der Waals surface area contributed by atoms with E-state index < -0.39 is 0 Å². The van der Waals surface area contributed by atoms with Crippen molar-refractivity contribution in [2.24, 2.45) is 11.8 Å². The van der Waals surface area contributed by atoms with Gasteiger partial charge < -0.3 is 16.0 Å². The van der Waals surface area contributed by atoms with Crippen molar-refractivity contribution in [1.82, 2.24) is 10.2 Å². The molecule has 1 heterocycles. The number of benzene rings is 1. The van der Waals surface area contributed by atoms with Gasteiger partial charge in [0.2, 0.25) is 5.91 Å². The molecule has 1 aromatic carbocycles. The number of nitrogen functional groups attached to an aromatic ring is 1. The lowest BCUT2D eigenvalue weighted by molar-refractivity contribution is -0.121. The second-order valence-electron chi connectivity index (χ2n) is 7.11.